The highest BCUT2D eigenvalue weighted by Gasteiger charge is 2.12. The molecule has 0 spiro atoms. The van der Waals surface area contributed by atoms with Gasteiger partial charge in [-0.1, -0.05) is 42.5 Å². The van der Waals surface area contributed by atoms with E-state index in [0.29, 0.717) is 29.0 Å². The van der Waals surface area contributed by atoms with Crippen molar-refractivity contribution in [3.8, 4) is 0 Å². The fourth-order valence-electron chi connectivity index (χ4n) is 2.02. The molecule has 2 N–H and O–H groups in total. The summed E-state index contributed by atoms with van der Waals surface area (Å²) < 4.78 is 4.89. The van der Waals surface area contributed by atoms with Crippen molar-refractivity contribution in [1.29, 1.82) is 0 Å². The van der Waals surface area contributed by atoms with Crippen molar-refractivity contribution in [3.63, 3.8) is 0 Å². The smallest absolute Gasteiger partial charge is 0.310 e. The highest BCUT2D eigenvalue weighted by molar-refractivity contribution is 6.09. The van der Waals surface area contributed by atoms with E-state index in [4.69, 9.17) is 10.5 Å². The average molecular weight is 283 g/mol. The molecular formula is C17H17NO3. The third-order valence-electron chi connectivity index (χ3n) is 3.08. The monoisotopic (exact) mass is 283 g/mol. The highest BCUT2D eigenvalue weighted by Crippen LogP contribution is 2.18. The minimum absolute atomic E-state index is 0.0926. The van der Waals surface area contributed by atoms with Crippen LogP contribution in [0, 0.1) is 0 Å². The van der Waals surface area contributed by atoms with E-state index in [-0.39, 0.29) is 18.2 Å². The summed E-state index contributed by atoms with van der Waals surface area (Å²) in [7, 11) is 0. The number of hydrogen-bond donors (Lipinski definition) is 1. The highest BCUT2D eigenvalue weighted by atomic mass is 16.5. The molecule has 108 valence electrons. The fraction of sp³-hybridized carbons (Fsp3) is 0.176. The lowest BCUT2D eigenvalue weighted by atomic mass is 10.00. The second-order valence-corrected chi connectivity index (χ2v) is 4.59. The lowest BCUT2D eigenvalue weighted by Gasteiger charge is -2.08. The number of ether oxygens (including phenoxy) is 1. The Morgan fingerprint density at radius 2 is 1.76 bits per heavy atom. The van der Waals surface area contributed by atoms with Crippen LogP contribution in [0.5, 0.6) is 0 Å². The van der Waals surface area contributed by atoms with Gasteiger partial charge in [0.05, 0.1) is 13.0 Å². The quantitative estimate of drug-likeness (QED) is 0.520. The number of nitrogens with two attached hydrogens (primary N) is 1. The normalized spacial score (nSPS) is 10.1. The lowest BCUT2D eigenvalue weighted by Crippen LogP contribution is -2.10. The van der Waals surface area contributed by atoms with Crippen molar-refractivity contribution in [2.75, 3.05) is 12.3 Å². The molecule has 4 heteroatoms. The summed E-state index contributed by atoms with van der Waals surface area (Å²) in [5.41, 5.74) is 8.12. The van der Waals surface area contributed by atoms with Crippen molar-refractivity contribution in [2.45, 2.75) is 13.3 Å². The van der Waals surface area contributed by atoms with Crippen LogP contribution in [0.25, 0.3) is 0 Å². The number of carbonyl (C=O) groups is 2. The molecule has 0 aliphatic carbocycles. The van der Waals surface area contributed by atoms with Gasteiger partial charge >= 0.3 is 5.97 Å². The van der Waals surface area contributed by atoms with Gasteiger partial charge in [-0.2, -0.15) is 0 Å². The molecule has 0 heterocycles. The van der Waals surface area contributed by atoms with E-state index in [9.17, 15) is 9.59 Å². The van der Waals surface area contributed by atoms with Crippen LogP contribution in [0.15, 0.2) is 48.5 Å². The second kappa shape index (κ2) is 6.70. The summed E-state index contributed by atoms with van der Waals surface area (Å²) in [6.07, 6.45) is 0.111. The molecule has 0 saturated heterocycles. The molecule has 0 aliphatic rings. The Bertz CT molecular complexity index is 650. The summed E-state index contributed by atoms with van der Waals surface area (Å²) in [5, 5.41) is 0. The van der Waals surface area contributed by atoms with Crippen LogP contribution in [0.2, 0.25) is 0 Å². The zero-order valence-electron chi connectivity index (χ0n) is 11.8. The molecule has 2 aromatic carbocycles. The van der Waals surface area contributed by atoms with E-state index in [0.717, 1.165) is 0 Å². The SMILES string of the molecule is CCOC(=O)Cc1ccc(C(=O)c2ccccc2)cc1N. The third-order valence-corrected chi connectivity index (χ3v) is 3.08. The predicted octanol–water partition coefficient (Wildman–Crippen LogP) is 2.61. The maximum absolute atomic E-state index is 12.3. The van der Waals surface area contributed by atoms with Crippen LogP contribution in [0.3, 0.4) is 0 Å². The van der Waals surface area contributed by atoms with E-state index in [1.54, 1.807) is 37.3 Å². The Balaban J connectivity index is 2.19. The van der Waals surface area contributed by atoms with E-state index in [1.807, 2.05) is 18.2 Å². The number of hydrogen-bond acceptors (Lipinski definition) is 4. The van der Waals surface area contributed by atoms with Gasteiger partial charge in [0.2, 0.25) is 0 Å². The first-order valence-electron chi connectivity index (χ1n) is 6.75. The molecule has 4 nitrogen and oxygen atoms in total. The standard InChI is InChI=1S/C17H17NO3/c1-2-21-16(19)11-13-8-9-14(10-15(13)18)17(20)12-6-4-3-5-7-12/h3-10H,2,11,18H2,1H3. The third kappa shape index (κ3) is 3.69. The Hall–Kier alpha value is -2.62. The number of esters is 1. The summed E-state index contributed by atoms with van der Waals surface area (Å²) in [6.45, 7) is 2.09. The zero-order chi connectivity index (χ0) is 15.2. The maximum atomic E-state index is 12.3. The van der Waals surface area contributed by atoms with Crippen LogP contribution in [0.4, 0.5) is 5.69 Å². The van der Waals surface area contributed by atoms with Crippen molar-refractivity contribution >= 4 is 17.4 Å². The van der Waals surface area contributed by atoms with E-state index >= 15 is 0 Å². The lowest BCUT2D eigenvalue weighted by molar-refractivity contribution is -0.142. The van der Waals surface area contributed by atoms with E-state index in [2.05, 4.69) is 0 Å². The van der Waals surface area contributed by atoms with Crippen molar-refractivity contribution in [1.82, 2.24) is 0 Å². The van der Waals surface area contributed by atoms with Crippen molar-refractivity contribution in [3.05, 3.63) is 65.2 Å². The summed E-state index contributed by atoms with van der Waals surface area (Å²) in [4.78, 5) is 23.7. The van der Waals surface area contributed by atoms with Gasteiger partial charge in [-0.15, -0.1) is 0 Å². The Morgan fingerprint density at radius 1 is 1.05 bits per heavy atom. The average Bonchev–Trinajstić information content (AvgIpc) is 2.50. The summed E-state index contributed by atoms with van der Waals surface area (Å²) in [5.74, 6) is -0.420. The Morgan fingerprint density at radius 3 is 2.38 bits per heavy atom. The van der Waals surface area contributed by atoms with Crippen molar-refractivity contribution < 1.29 is 14.3 Å². The number of nitrogen functional groups attached to an aromatic ring is 1. The number of ketones is 1. The fourth-order valence-corrected chi connectivity index (χ4v) is 2.02. The van der Waals surface area contributed by atoms with Crippen LogP contribution in [-0.4, -0.2) is 18.4 Å². The number of carbonyl (C=O) groups excluding carboxylic acids is 2. The van der Waals surface area contributed by atoms with Crippen LogP contribution in [-0.2, 0) is 16.0 Å². The van der Waals surface area contributed by atoms with Crippen LogP contribution < -0.4 is 5.73 Å². The molecule has 0 aliphatic heterocycles. The molecule has 0 bridgehead atoms. The second-order valence-electron chi connectivity index (χ2n) is 4.59. The first-order valence-corrected chi connectivity index (χ1v) is 6.75. The largest absolute Gasteiger partial charge is 0.466 e. The molecule has 2 aromatic rings. The number of benzene rings is 2. The number of anilines is 1. The topological polar surface area (TPSA) is 69.4 Å². The molecule has 21 heavy (non-hydrogen) atoms. The molecule has 0 fully saturated rings. The molecule has 0 saturated carbocycles. The Labute approximate surface area is 123 Å². The predicted molar refractivity (Wildman–Crippen MR) is 81.1 cm³/mol. The van der Waals surface area contributed by atoms with Gasteiger partial charge in [-0.3, -0.25) is 9.59 Å². The minimum Gasteiger partial charge on any atom is -0.466 e. The first kappa shape index (κ1) is 14.8. The number of rotatable bonds is 5. The Kier molecular flexibility index (Phi) is 4.72. The summed E-state index contributed by atoms with van der Waals surface area (Å²) >= 11 is 0. The van der Waals surface area contributed by atoms with E-state index in [1.165, 1.54) is 0 Å². The molecule has 0 aromatic heterocycles. The first-order chi connectivity index (χ1) is 10.1. The van der Waals surface area contributed by atoms with Gasteiger partial charge in [0.25, 0.3) is 0 Å². The molecule has 0 atom stereocenters. The van der Waals surface area contributed by atoms with Gasteiger partial charge in [0, 0.05) is 16.8 Å². The summed E-state index contributed by atoms with van der Waals surface area (Å²) in [6, 6.07) is 14.0. The van der Waals surface area contributed by atoms with Gasteiger partial charge in [-0.05, 0) is 18.6 Å². The minimum atomic E-state index is -0.327. The van der Waals surface area contributed by atoms with Gasteiger partial charge < -0.3 is 10.5 Å². The molecule has 2 rings (SSSR count). The molecule has 0 amide bonds. The van der Waals surface area contributed by atoms with Gasteiger partial charge in [0.15, 0.2) is 5.78 Å². The molecular weight excluding hydrogens is 266 g/mol. The van der Waals surface area contributed by atoms with Crippen LogP contribution >= 0.6 is 0 Å². The van der Waals surface area contributed by atoms with Crippen LogP contribution in [0.1, 0.15) is 28.4 Å². The van der Waals surface area contributed by atoms with Gasteiger partial charge in [-0.25, -0.2) is 0 Å². The molecule has 0 unspecified atom stereocenters. The van der Waals surface area contributed by atoms with Gasteiger partial charge in [0.1, 0.15) is 0 Å². The van der Waals surface area contributed by atoms with E-state index < -0.39 is 0 Å². The molecule has 0 radical (unpaired) electrons. The maximum Gasteiger partial charge on any atom is 0.310 e. The zero-order valence-corrected chi connectivity index (χ0v) is 11.8. The van der Waals surface area contributed by atoms with Crippen molar-refractivity contribution in [2.24, 2.45) is 0 Å².